The number of nitrogens with zero attached hydrogens (tertiary/aromatic N) is 1. The third-order valence-electron chi connectivity index (χ3n) is 4.71. The quantitative estimate of drug-likeness (QED) is 0.391. The number of rotatable bonds is 10. The van der Waals surface area contributed by atoms with Crippen LogP contribution < -0.4 is 10.1 Å². The van der Waals surface area contributed by atoms with Crippen LogP contribution in [-0.4, -0.2) is 41.3 Å². The van der Waals surface area contributed by atoms with E-state index in [0.29, 0.717) is 15.8 Å². The van der Waals surface area contributed by atoms with Crippen molar-refractivity contribution >= 4 is 46.2 Å². The third-order valence-corrected chi connectivity index (χ3v) is 7.08. The smallest absolute Gasteiger partial charge is 0.333 e. The Bertz CT molecular complexity index is 1140. The van der Waals surface area contributed by atoms with E-state index in [1.165, 1.54) is 22.7 Å². The van der Waals surface area contributed by atoms with Crippen molar-refractivity contribution in [3.8, 4) is 15.6 Å². The van der Waals surface area contributed by atoms with Crippen LogP contribution in [0, 0.1) is 6.92 Å². The van der Waals surface area contributed by atoms with Crippen molar-refractivity contribution in [3.63, 3.8) is 0 Å². The minimum absolute atomic E-state index is 0.204. The summed E-state index contributed by atoms with van der Waals surface area (Å²) in [6, 6.07) is 9.07. The van der Waals surface area contributed by atoms with Gasteiger partial charge in [0.05, 0.1) is 22.4 Å². The van der Waals surface area contributed by atoms with Gasteiger partial charge in [0.25, 0.3) is 5.91 Å². The molecule has 0 bridgehead atoms. The van der Waals surface area contributed by atoms with E-state index in [9.17, 15) is 14.7 Å². The molecule has 0 aliphatic heterocycles. The first kappa shape index (κ1) is 25.2. The second kappa shape index (κ2) is 11.1. The van der Waals surface area contributed by atoms with Crippen LogP contribution in [0.15, 0.2) is 30.3 Å². The standard InChI is InChI=1S/C23H25ClN2O5S2/c1-12(2)31-17(23(28)29)10-14-5-6-16(30-4)15(9-14)11-25-21(27)20-13(3)32-22(26-20)18-7-8-19(24)33-18/h5-9,12,17H,10-11H2,1-4H3,(H,25,27)(H,28,29). The van der Waals surface area contributed by atoms with Gasteiger partial charge in [0.2, 0.25) is 0 Å². The fraction of sp³-hybridized carbons (Fsp3) is 0.348. The Labute approximate surface area is 205 Å². The topological polar surface area (TPSA) is 97.8 Å². The number of aryl methyl sites for hydroxylation is 1. The van der Waals surface area contributed by atoms with E-state index < -0.39 is 12.1 Å². The fourth-order valence-corrected chi connectivity index (χ4v) is 5.24. The minimum Gasteiger partial charge on any atom is -0.496 e. The summed E-state index contributed by atoms with van der Waals surface area (Å²) in [6.45, 7) is 5.65. The lowest BCUT2D eigenvalue weighted by molar-refractivity contribution is -0.153. The van der Waals surface area contributed by atoms with Crippen LogP contribution in [-0.2, 0) is 22.5 Å². The Hall–Kier alpha value is -2.46. The Morgan fingerprint density at radius 3 is 2.58 bits per heavy atom. The van der Waals surface area contributed by atoms with E-state index in [2.05, 4.69) is 10.3 Å². The van der Waals surface area contributed by atoms with Crippen LogP contribution in [0.5, 0.6) is 5.75 Å². The molecule has 33 heavy (non-hydrogen) atoms. The number of hydrogen-bond acceptors (Lipinski definition) is 7. The molecule has 0 saturated heterocycles. The van der Waals surface area contributed by atoms with E-state index in [1.807, 2.05) is 19.1 Å². The summed E-state index contributed by atoms with van der Waals surface area (Å²) in [7, 11) is 1.55. The molecule has 1 aromatic carbocycles. The van der Waals surface area contributed by atoms with Crippen LogP contribution in [0.4, 0.5) is 0 Å². The molecule has 0 aliphatic carbocycles. The molecule has 0 aliphatic rings. The number of carbonyl (C=O) groups excluding carboxylic acids is 1. The number of amides is 1. The van der Waals surface area contributed by atoms with Crippen molar-refractivity contribution in [1.29, 1.82) is 0 Å². The lowest BCUT2D eigenvalue weighted by Gasteiger charge is -2.18. The number of thiophene rings is 1. The SMILES string of the molecule is COc1ccc(CC(OC(C)C)C(=O)O)cc1CNC(=O)c1nc(-c2ccc(Cl)s2)sc1C. The zero-order valence-electron chi connectivity index (χ0n) is 18.7. The molecule has 0 fully saturated rings. The predicted molar refractivity (Wildman–Crippen MR) is 131 cm³/mol. The molecule has 176 valence electrons. The first-order chi connectivity index (χ1) is 15.7. The highest BCUT2D eigenvalue weighted by atomic mass is 35.5. The summed E-state index contributed by atoms with van der Waals surface area (Å²) in [5, 5.41) is 13.1. The molecule has 2 aromatic heterocycles. The zero-order valence-corrected chi connectivity index (χ0v) is 21.1. The van der Waals surface area contributed by atoms with E-state index in [-0.39, 0.29) is 25.0 Å². The number of benzene rings is 1. The average molecular weight is 509 g/mol. The molecule has 3 aromatic rings. The normalized spacial score (nSPS) is 12.1. The maximum Gasteiger partial charge on any atom is 0.333 e. The highest BCUT2D eigenvalue weighted by Gasteiger charge is 2.21. The molecule has 10 heteroatoms. The summed E-state index contributed by atoms with van der Waals surface area (Å²) >= 11 is 8.87. The van der Waals surface area contributed by atoms with Crippen LogP contribution in [0.3, 0.4) is 0 Å². The molecule has 1 unspecified atom stereocenters. The molecule has 0 saturated carbocycles. The Morgan fingerprint density at radius 2 is 1.97 bits per heavy atom. The van der Waals surface area contributed by atoms with Gasteiger partial charge in [-0.05, 0) is 44.5 Å². The Morgan fingerprint density at radius 1 is 1.21 bits per heavy atom. The van der Waals surface area contributed by atoms with Crippen molar-refractivity contribution in [2.24, 2.45) is 0 Å². The van der Waals surface area contributed by atoms with Gasteiger partial charge in [-0.15, -0.1) is 22.7 Å². The first-order valence-electron chi connectivity index (χ1n) is 10.2. The van der Waals surface area contributed by atoms with E-state index in [4.69, 9.17) is 21.1 Å². The largest absolute Gasteiger partial charge is 0.496 e. The minimum atomic E-state index is -1.02. The average Bonchev–Trinajstić information content (AvgIpc) is 3.36. The van der Waals surface area contributed by atoms with Crippen molar-refractivity contribution in [1.82, 2.24) is 10.3 Å². The van der Waals surface area contributed by atoms with Gasteiger partial charge in [-0.2, -0.15) is 0 Å². The van der Waals surface area contributed by atoms with E-state index in [0.717, 1.165) is 25.9 Å². The molecule has 2 N–H and O–H groups in total. The second-order valence-corrected chi connectivity index (χ2v) is 10.5. The Balaban J connectivity index is 1.74. The zero-order chi connectivity index (χ0) is 24.1. The monoisotopic (exact) mass is 508 g/mol. The molecular formula is C23H25ClN2O5S2. The van der Waals surface area contributed by atoms with Gasteiger partial charge in [-0.25, -0.2) is 9.78 Å². The van der Waals surface area contributed by atoms with Gasteiger partial charge in [-0.3, -0.25) is 4.79 Å². The number of carboxylic acid groups (broad SMARTS) is 1. The lowest BCUT2D eigenvalue weighted by Crippen LogP contribution is -2.29. The molecule has 0 radical (unpaired) electrons. The van der Waals surface area contributed by atoms with Gasteiger partial charge >= 0.3 is 5.97 Å². The highest BCUT2D eigenvalue weighted by Crippen LogP contribution is 2.34. The van der Waals surface area contributed by atoms with Crippen molar-refractivity contribution in [3.05, 3.63) is 56.4 Å². The summed E-state index contributed by atoms with van der Waals surface area (Å²) in [5.74, 6) is -0.715. The number of hydrogen-bond donors (Lipinski definition) is 2. The molecule has 7 nitrogen and oxygen atoms in total. The van der Waals surface area contributed by atoms with Crippen LogP contribution in [0.1, 0.15) is 40.3 Å². The summed E-state index contributed by atoms with van der Waals surface area (Å²) < 4.78 is 11.6. The number of aliphatic carboxylic acids is 1. The predicted octanol–water partition coefficient (Wildman–Crippen LogP) is 5.19. The number of halogens is 1. The summed E-state index contributed by atoms with van der Waals surface area (Å²) in [4.78, 5) is 30.6. The first-order valence-corrected chi connectivity index (χ1v) is 12.2. The van der Waals surface area contributed by atoms with Gasteiger partial charge in [0, 0.05) is 23.4 Å². The van der Waals surface area contributed by atoms with Crippen LogP contribution in [0.25, 0.3) is 9.88 Å². The number of carboxylic acids is 1. The number of nitrogens with one attached hydrogen (secondary N) is 1. The maximum absolute atomic E-state index is 12.8. The second-order valence-electron chi connectivity index (χ2n) is 7.57. The summed E-state index contributed by atoms with van der Waals surface area (Å²) in [5.41, 5.74) is 1.87. The highest BCUT2D eigenvalue weighted by molar-refractivity contribution is 7.24. The molecule has 1 atom stereocenters. The van der Waals surface area contributed by atoms with Gasteiger partial charge < -0.3 is 19.9 Å². The molecular weight excluding hydrogens is 484 g/mol. The molecule has 2 heterocycles. The number of thiazole rings is 1. The molecule has 0 spiro atoms. The number of aromatic nitrogens is 1. The van der Waals surface area contributed by atoms with Gasteiger partial charge in [0.15, 0.2) is 6.10 Å². The van der Waals surface area contributed by atoms with Gasteiger partial charge in [0.1, 0.15) is 16.5 Å². The fourth-order valence-electron chi connectivity index (χ4n) is 3.23. The van der Waals surface area contributed by atoms with E-state index in [1.54, 1.807) is 39.2 Å². The van der Waals surface area contributed by atoms with Crippen LogP contribution >= 0.6 is 34.3 Å². The molecule has 3 rings (SSSR count). The van der Waals surface area contributed by atoms with Crippen molar-refractivity contribution in [2.45, 2.75) is 45.9 Å². The Kier molecular flexibility index (Phi) is 8.47. The number of methoxy groups -OCH3 is 1. The van der Waals surface area contributed by atoms with Crippen molar-refractivity contribution in [2.75, 3.05) is 7.11 Å². The third kappa shape index (κ3) is 6.54. The van der Waals surface area contributed by atoms with Gasteiger partial charge in [-0.1, -0.05) is 23.7 Å². The van der Waals surface area contributed by atoms with Crippen LogP contribution in [0.2, 0.25) is 4.34 Å². The molecule has 1 amide bonds. The number of carbonyl (C=O) groups is 2. The van der Waals surface area contributed by atoms with Crippen molar-refractivity contribution < 1.29 is 24.2 Å². The number of ether oxygens (including phenoxy) is 2. The summed E-state index contributed by atoms with van der Waals surface area (Å²) in [6.07, 6.45) is -0.960. The van der Waals surface area contributed by atoms with E-state index >= 15 is 0 Å². The lowest BCUT2D eigenvalue weighted by atomic mass is 10.0. The maximum atomic E-state index is 12.8.